The van der Waals surface area contributed by atoms with Crippen LogP contribution in [0.5, 0.6) is 0 Å². The normalized spacial score (nSPS) is 17.4. The molecule has 0 aromatic heterocycles. The van der Waals surface area contributed by atoms with Crippen molar-refractivity contribution in [2.75, 3.05) is 24.6 Å². The Labute approximate surface area is 122 Å². The fourth-order valence-corrected chi connectivity index (χ4v) is 1.99. The lowest BCUT2D eigenvalue weighted by Crippen LogP contribution is -2.54. The van der Waals surface area contributed by atoms with Crippen molar-refractivity contribution in [3.63, 3.8) is 0 Å². The molecular formula is C11H20F2N2O2S2. The lowest BCUT2D eigenvalue weighted by Gasteiger charge is -2.27. The maximum Gasteiger partial charge on any atom is 0.259 e. The van der Waals surface area contributed by atoms with E-state index in [9.17, 15) is 18.4 Å². The van der Waals surface area contributed by atoms with Crippen LogP contribution in [-0.4, -0.2) is 47.7 Å². The van der Waals surface area contributed by atoms with Crippen LogP contribution in [0.3, 0.4) is 0 Å². The molecule has 0 aromatic rings. The maximum atomic E-state index is 14.3. The summed E-state index contributed by atoms with van der Waals surface area (Å²) in [5.74, 6) is -5.38. The van der Waals surface area contributed by atoms with Crippen LogP contribution in [0.4, 0.5) is 8.78 Å². The number of thiol groups is 2. The number of Topliss-reactive ketones (excluding diaryl/α,β-unsaturated/α-hetero) is 1. The van der Waals surface area contributed by atoms with Crippen molar-refractivity contribution < 1.29 is 18.4 Å². The van der Waals surface area contributed by atoms with Crippen LogP contribution >= 0.6 is 25.3 Å². The van der Waals surface area contributed by atoms with Crippen molar-refractivity contribution in [2.24, 2.45) is 0 Å². The summed E-state index contributed by atoms with van der Waals surface area (Å²) in [4.78, 5) is 23.4. The molecule has 2 atom stereocenters. The number of ketones is 1. The molecular weight excluding hydrogens is 294 g/mol. The molecule has 0 aliphatic carbocycles. The van der Waals surface area contributed by atoms with Crippen molar-refractivity contribution in [3.05, 3.63) is 0 Å². The van der Waals surface area contributed by atoms with E-state index in [1.807, 2.05) is 0 Å². The fourth-order valence-electron chi connectivity index (χ4n) is 1.44. The number of hydrogen-bond donors (Lipinski definition) is 4. The molecule has 0 radical (unpaired) electrons. The third-order valence-corrected chi connectivity index (χ3v) is 3.49. The number of nitrogens with one attached hydrogen (secondary N) is 2. The van der Waals surface area contributed by atoms with Gasteiger partial charge in [0.15, 0.2) is 5.78 Å². The van der Waals surface area contributed by atoms with Crippen molar-refractivity contribution >= 4 is 36.9 Å². The quantitative estimate of drug-likeness (QED) is 0.378. The maximum absolute atomic E-state index is 14.3. The molecule has 1 amide bonds. The summed E-state index contributed by atoms with van der Waals surface area (Å²) in [6.45, 7) is 3.62. The Kier molecular flexibility index (Phi) is 7.92. The molecule has 2 N–H and O–H groups in total. The van der Waals surface area contributed by atoms with Crippen molar-refractivity contribution in [1.82, 2.24) is 10.6 Å². The number of amides is 1. The van der Waals surface area contributed by atoms with E-state index in [0.29, 0.717) is 0 Å². The van der Waals surface area contributed by atoms with Crippen LogP contribution in [0.15, 0.2) is 0 Å². The van der Waals surface area contributed by atoms with Gasteiger partial charge in [-0.05, 0) is 13.5 Å². The van der Waals surface area contributed by atoms with Gasteiger partial charge in [0.25, 0.3) is 5.91 Å². The summed E-state index contributed by atoms with van der Waals surface area (Å²) < 4.78 is 28.5. The van der Waals surface area contributed by atoms with E-state index in [0.717, 1.165) is 0 Å². The number of halogens is 2. The Hall–Kier alpha value is -0.340. The number of alkyl halides is 2. The van der Waals surface area contributed by atoms with E-state index in [-0.39, 0.29) is 13.1 Å². The van der Waals surface area contributed by atoms with E-state index in [4.69, 9.17) is 0 Å². The summed E-state index contributed by atoms with van der Waals surface area (Å²) in [5.41, 5.74) is -2.52. The van der Waals surface area contributed by atoms with Gasteiger partial charge in [0.2, 0.25) is 11.5 Å². The number of carbonyl (C=O) groups is 2. The molecule has 0 fully saturated rings. The average molecular weight is 314 g/mol. The number of rotatable bonds is 9. The molecule has 19 heavy (non-hydrogen) atoms. The van der Waals surface area contributed by atoms with Gasteiger partial charge in [0, 0.05) is 18.1 Å². The van der Waals surface area contributed by atoms with Crippen LogP contribution in [0.2, 0.25) is 0 Å². The molecule has 0 aliphatic heterocycles. The smallest absolute Gasteiger partial charge is 0.259 e. The van der Waals surface area contributed by atoms with E-state index in [1.54, 1.807) is 13.8 Å². The van der Waals surface area contributed by atoms with Gasteiger partial charge < -0.3 is 5.32 Å². The predicted molar refractivity (Wildman–Crippen MR) is 77.4 cm³/mol. The van der Waals surface area contributed by atoms with Gasteiger partial charge in [0.1, 0.15) is 0 Å². The molecule has 4 nitrogen and oxygen atoms in total. The molecule has 0 saturated heterocycles. The van der Waals surface area contributed by atoms with Crippen LogP contribution < -0.4 is 10.6 Å². The zero-order valence-electron chi connectivity index (χ0n) is 11.0. The number of likely N-dealkylation sites (N-methyl/N-ethyl adjacent to an activating group) is 1. The summed E-state index contributed by atoms with van der Waals surface area (Å²) in [6, 6.07) is 0. The van der Waals surface area contributed by atoms with Gasteiger partial charge in [-0.2, -0.15) is 25.3 Å². The first-order valence-corrected chi connectivity index (χ1v) is 7.22. The topological polar surface area (TPSA) is 58.2 Å². The lowest BCUT2D eigenvalue weighted by molar-refractivity contribution is -0.141. The minimum atomic E-state index is -2.52. The Balaban J connectivity index is 4.96. The molecule has 0 saturated carbocycles. The monoisotopic (exact) mass is 314 g/mol. The molecule has 0 unspecified atom stereocenters. The minimum absolute atomic E-state index is 0.185. The van der Waals surface area contributed by atoms with Crippen LogP contribution in [-0.2, 0) is 9.59 Å². The Morgan fingerprint density at radius 3 is 2.05 bits per heavy atom. The van der Waals surface area contributed by atoms with Crippen LogP contribution in [0, 0.1) is 0 Å². The molecule has 0 aliphatic rings. The number of carbonyl (C=O) groups excluding carboxylic acids is 2. The highest BCUT2D eigenvalue weighted by molar-refractivity contribution is 7.80. The lowest BCUT2D eigenvalue weighted by atomic mass is 9.95. The summed E-state index contributed by atoms with van der Waals surface area (Å²) in [5, 5.41) is 4.58. The highest BCUT2D eigenvalue weighted by Gasteiger charge is 2.46. The second-order valence-corrected chi connectivity index (χ2v) is 4.70. The fraction of sp³-hybridized carbons (Fsp3) is 0.818. The zero-order chi connectivity index (χ0) is 15.1. The van der Waals surface area contributed by atoms with E-state index in [2.05, 4.69) is 35.9 Å². The first-order valence-electron chi connectivity index (χ1n) is 5.95. The summed E-state index contributed by atoms with van der Waals surface area (Å²) in [7, 11) is 0. The first-order chi connectivity index (χ1) is 8.79. The Morgan fingerprint density at radius 2 is 1.68 bits per heavy atom. The van der Waals surface area contributed by atoms with Crippen LogP contribution in [0.1, 0.15) is 20.3 Å². The number of hydrogen-bond acceptors (Lipinski definition) is 5. The van der Waals surface area contributed by atoms with Gasteiger partial charge in [-0.25, -0.2) is 8.78 Å². The average Bonchev–Trinajstić information content (AvgIpc) is 2.38. The minimum Gasteiger partial charge on any atom is -0.354 e. The summed E-state index contributed by atoms with van der Waals surface area (Å²) >= 11 is 7.48. The van der Waals surface area contributed by atoms with E-state index < -0.39 is 41.1 Å². The van der Waals surface area contributed by atoms with Gasteiger partial charge in [-0.3, -0.25) is 14.9 Å². The first kappa shape index (κ1) is 18.7. The standard InChI is InChI=1S/C11H20F2N2O2S2/c1-3-14-9(17)10(12,6-18)5-8(16)11(13,7-19)15-4-2/h15,18-19H,3-7H2,1-2H3,(H,14,17)/t10-,11+/m0/s1. The van der Waals surface area contributed by atoms with Gasteiger partial charge >= 0.3 is 0 Å². The molecule has 0 rings (SSSR count). The highest BCUT2D eigenvalue weighted by atomic mass is 32.1. The van der Waals surface area contributed by atoms with Crippen molar-refractivity contribution in [1.29, 1.82) is 0 Å². The second kappa shape index (κ2) is 8.06. The van der Waals surface area contributed by atoms with Gasteiger partial charge in [-0.15, -0.1) is 0 Å². The Morgan fingerprint density at radius 1 is 1.11 bits per heavy atom. The zero-order valence-corrected chi connectivity index (χ0v) is 12.8. The molecule has 0 aromatic carbocycles. The molecule has 0 spiro atoms. The van der Waals surface area contributed by atoms with Gasteiger partial charge in [0.05, 0.1) is 6.42 Å². The van der Waals surface area contributed by atoms with E-state index in [1.165, 1.54) is 0 Å². The SMILES string of the molecule is CCNC(=O)[C@@](F)(CS)CC(=O)[C@@](F)(CS)NCC. The third-order valence-electron chi connectivity index (χ3n) is 2.55. The van der Waals surface area contributed by atoms with Crippen molar-refractivity contribution in [3.8, 4) is 0 Å². The molecule has 112 valence electrons. The van der Waals surface area contributed by atoms with Gasteiger partial charge in [-0.1, -0.05) is 6.92 Å². The highest BCUT2D eigenvalue weighted by Crippen LogP contribution is 2.24. The molecule has 0 heterocycles. The molecule has 0 bridgehead atoms. The Bertz CT molecular complexity index is 334. The van der Waals surface area contributed by atoms with Crippen molar-refractivity contribution in [2.45, 2.75) is 31.7 Å². The summed E-state index contributed by atoms with van der Waals surface area (Å²) in [6.07, 6.45) is -0.883. The van der Waals surface area contributed by atoms with Crippen LogP contribution in [0.25, 0.3) is 0 Å². The predicted octanol–water partition coefficient (Wildman–Crippen LogP) is 0.925. The third kappa shape index (κ3) is 4.92. The largest absolute Gasteiger partial charge is 0.354 e. The second-order valence-electron chi connectivity index (χ2n) is 4.07. The van der Waals surface area contributed by atoms with E-state index >= 15 is 0 Å². The molecule has 8 heteroatoms.